The van der Waals surface area contributed by atoms with Gasteiger partial charge in [0.05, 0.1) is 11.5 Å². The Morgan fingerprint density at radius 2 is 2.33 bits per heavy atom. The van der Waals surface area contributed by atoms with Gasteiger partial charge in [-0.2, -0.15) is 0 Å². The van der Waals surface area contributed by atoms with Gasteiger partial charge >= 0.3 is 0 Å². The molecule has 0 saturated heterocycles. The molecule has 3 nitrogen and oxygen atoms in total. The second kappa shape index (κ2) is 6.15. The third-order valence-electron chi connectivity index (χ3n) is 1.95. The number of carbonyl (C=O) groups is 1. The van der Waals surface area contributed by atoms with E-state index in [1.54, 1.807) is 11.0 Å². The number of thiophene rings is 1. The summed E-state index contributed by atoms with van der Waals surface area (Å²) in [4.78, 5) is 15.1. The molecule has 0 unspecified atom stereocenters. The average Bonchev–Trinajstić information content (AvgIpc) is 2.63. The number of rotatable bonds is 5. The van der Waals surface area contributed by atoms with E-state index in [2.05, 4.69) is 12.6 Å². The summed E-state index contributed by atoms with van der Waals surface area (Å²) >= 11 is 5.55. The summed E-state index contributed by atoms with van der Waals surface area (Å²) in [6, 6.07) is 1.76. The number of amides is 1. The van der Waals surface area contributed by atoms with Gasteiger partial charge in [-0.15, -0.1) is 24.0 Å². The van der Waals surface area contributed by atoms with E-state index in [-0.39, 0.29) is 12.5 Å². The Labute approximate surface area is 99.1 Å². The van der Waals surface area contributed by atoms with Gasteiger partial charge in [-0.25, -0.2) is 0 Å². The van der Waals surface area contributed by atoms with Crippen LogP contribution in [0.1, 0.15) is 23.0 Å². The van der Waals surface area contributed by atoms with E-state index < -0.39 is 0 Å². The van der Waals surface area contributed by atoms with Crippen LogP contribution < -0.4 is 0 Å². The minimum absolute atomic E-state index is 0.00481. The van der Waals surface area contributed by atoms with E-state index in [0.717, 1.165) is 11.3 Å². The van der Waals surface area contributed by atoms with Gasteiger partial charge in [0, 0.05) is 23.4 Å². The summed E-state index contributed by atoms with van der Waals surface area (Å²) in [7, 11) is 0. The molecule has 5 heteroatoms. The van der Waals surface area contributed by atoms with Crippen molar-refractivity contribution in [1.82, 2.24) is 4.90 Å². The van der Waals surface area contributed by atoms with Crippen molar-refractivity contribution in [2.75, 3.05) is 19.7 Å². The van der Waals surface area contributed by atoms with E-state index in [0.29, 0.717) is 18.0 Å². The third-order valence-corrected chi connectivity index (χ3v) is 3.30. The Morgan fingerprint density at radius 3 is 2.80 bits per heavy atom. The van der Waals surface area contributed by atoms with Crippen molar-refractivity contribution < 1.29 is 9.90 Å². The van der Waals surface area contributed by atoms with Gasteiger partial charge in [-0.05, 0) is 12.5 Å². The summed E-state index contributed by atoms with van der Waals surface area (Å²) in [5.41, 5.74) is 0. The predicted octanol–water partition coefficient (Wildman–Crippen LogP) is 1.88. The van der Waals surface area contributed by atoms with E-state index in [1.807, 2.05) is 12.3 Å². The molecule has 1 N–H and O–H groups in total. The summed E-state index contributed by atoms with van der Waals surface area (Å²) in [5.74, 6) is -0.0174. The number of aliphatic hydroxyl groups excluding tert-OH is 1. The maximum absolute atomic E-state index is 11.9. The highest BCUT2D eigenvalue weighted by Crippen LogP contribution is 2.19. The molecule has 0 radical (unpaired) electrons. The van der Waals surface area contributed by atoms with Crippen LogP contribution in [0.4, 0.5) is 0 Å². The van der Waals surface area contributed by atoms with Crippen molar-refractivity contribution in [2.45, 2.75) is 18.2 Å². The predicted molar refractivity (Wildman–Crippen MR) is 64.9 cm³/mol. The lowest BCUT2D eigenvalue weighted by atomic mass is 10.3. The minimum atomic E-state index is -0.0174. The van der Waals surface area contributed by atoms with Crippen LogP contribution in [0, 0.1) is 0 Å². The van der Waals surface area contributed by atoms with Crippen molar-refractivity contribution in [2.24, 2.45) is 0 Å². The molecule has 1 aromatic heterocycles. The second-order valence-corrected chi connectivity index (χ2v) is 4.61. The molecule has 0 saturated carbocycles. The van der Waals surface area contributed by atoms with E-state index in [1.165, 1.54) is 11.3 Å². The first-order chi connectivity index (χ1) is 7.19. The van der Waals surface area contributed by atoms with Crippen LogP contribution in [0.5, 0.6) is 0 Å². The van der Waals surface area contributed by atoms with Gasteiger partial charge in [0.1, 0.15) is 0 Å². The highest BCUT2D eigenvalue weighted by Gasteiger charge is 2.15. The molecule has 0 bridgehead atoms. The lowest BCUT2D eigenvalue weighted by Gasteiger charge is -2.19. The lowest BCUT2D eigenvalue weighted by Crippen LogP contribution is -2.33. The summed E-state index contributed by atoms with van der Waals surface area (Å²) in [6.45, 7) is 3.09. The van der Waals surface area contributed by atoms with Gasteiger partial charge in [-0.1, -0.05) is 6.92 Å². The van der Waals surface area contributed by atoms with Crippen molar-refractivity contribution in [1.29, 1.82) is 0 Å². The monoisotopic (exact) mass is 245 g/mol. The number of aliphatic hydroxyl groups is 1. The molecule has 0 aliphatic rings. The zero-order valence-corrected chi connectivity index (χ0v) is 10.4. The minimum Gasteiger partial charge on any atom is -0.395 e. The lowest BCUT2D eigenvalue weighted by molar-refractivity contribution is 0.0726. The number of hydrogen-bond donors (Lipinski definition) is 2. The Morgan fingerprint density at radius 1 is 1.60 bits per heavy atom. The fraction of sp³-hybridized carbons (Fsp3) is 0.500. The van der Waals surface area contributed by atoms with Crippen molar-refractivity contribution in [3.8, 4) is 0 Å². The van der Waals surface area contributed by atoms with Gasteiger partial charge < -0.3 is 10.0 Å². The molecule has 15 heavy (non-hydrogen) atoms. The Bertz CT molecular complexity index is 319. The van der Waals surface area contributed by atoms with Crippen LogP contribution in [-0.2, 0) is 0 Å². The quantitative estimate of drug-likeness (QED) is 0.778. The summed E-state index contributed by atoms with van der Waals surface area (Å²) in [6.07, 6.45) is 0.894. The Balaban J connectivity index is 2.71. The van der Waals surface area contributed by atoms with Crippen LogP contribution in [0.2, 0.25) is 0 Å². The van der Waals surface area contributed by atoms with Crippen molar-refractivity contribution in [3.63, 3.8) is 0 Å². The highest BCUT2D eigenvalue weighted by molar-refractivity contribution is 7.80. The number of thiol groups is 1. The zero-order chi connectivity index (χ0) is 11.3. The van der Waals surface area contributed by atoms with Crippen molar-refractivity contribution >= 4 is 29.9 Å². The highest BCUT2D eigenvalue weighted by atomic mass is 32.1. The summed E-state index contributed by atoms with van der Waals surface area (Å²) in [5, 5.41) is 10.7. The number of nitrogens with zero attached hydrogens (tertiary/aromatic N) is 1. The molecule has 0 atom stereocenters. The molecule has 1 heterocycles. The average molecular weight is 245 g/mol. The standard InChI is InChI=1S/C10H15NO2S2/c1-2-3-11(4-5-12)10(13)9-6-8(14)7-15-9/h6-7,12,14H,2-5H2,1H3. The smallest absolute Gasteiger partial charge is 0.264 e. The molecule has 1 amide bonds. The fourth-order valence-electron chi connectivity index (χ4n) is 1.30. The van der Waals surface area contributed by atoms with Crippen LogP contribution in [0.3, 0.4) is 0 Å². The van der Waals surface area contributed by atoms with Gasteiger partial charge in [-0.3, -0.25) is 4.79 Å². The normalized spacial score (nSPS) is 10.3. The van der Waals surface area contributed by atoms with Crippen LogP contribution in [0.25, 0.3) is 0 Å². The first kappa shape index (κ1) is 12.5. The first-order valence-corrected chi connectivity index (χ1v) is 6.19. The Hall–Kier alpha value is -0.520. The van der Waals surface area contributed by atoms with E-state index in [4.69, 9.17) is 5.11 Å². The molecule has 0 aliphatic carbocycles. The molecule has 84 valence electrons. The molecule has 0 fully saturated rings. The molecule has 0 aromatic carbocycles. The Kier molecular flexibility index (Phi) is 5.14. The molecule has 1 rings (SSSR count). The molecular formula is C10H15NO2S2. The number of hydrogen-bond acceptors (Lipinski definition) is 4. The van der Waals surface area contributed by atoms with Gasteiger partial charge in [0.25, 0.3) is 5.91 Å². The zero-order valence-electron chi connectivity index (χ0n) is 8.64. The second-order valence-electron chi connectivity index (χ2n) is 3.18. The fourth-order valence-corrected chi connectivity index (χ4v) is 2.41. The molecule has 0 aliphatic heterocycles. The van der Waals surface area contributed by atoms with Crippen LogP contribution in [-0.4, -0.2) is 35.6 Å². The third kappa shape index (κ3) is 3.52. The molecular weight excluding hydrogens is 230 g/mol. The maximum atomic E-state index is 11.9. The molecule has 1 aromatic rings. The van der Waals surface area contributed by atoms with E-state index in [9.17, 15) is 4.79 Å². The van der Waals surface area contributed by atoms with Crippen molar-refractivity contribution in [3.05, 3.63) is 16.3 Å². The summed E-state index contributed by atoms with van der Waals surface area (Å²) < 4.78 is 0. The first-order valence-electron chi connectivity index (χ1n) is 4.86. The van der Waals surface area contributed by atoms with Gasteiger partial charge in [0.2, 0.25) is 0 Å². The topological polar surface area (TPSA) is 40.5 Å². The SMILES string of the molecule is CCCN(CCO)C(=O)c1cc(S)cs1. The van der Waals surface area contributed by atoms with Gasteiger partial charge in [0.15, 0.2) is 0 Å². The number of carbonyl (C=O) groups excluding carboxylic acids is 1. The van der Waals surface area contributed by atoms with Crippen LogP contribution >= 0.6 is 24.0 Å². The molecule has 0 spiro atoms. The largest absolute Gasteiger partial charge is 0.395 e. The maximum Gasteiger partial charge on any atom is 0.264 e. The van der Waals surface area contributed by atoms with E-state index >= 15 is 0 Å². The van der Waals surface area contributed by atoms with Crippen LogP contribution in [0.15, 0.2) is 16.3 Å².